The minimum atomic E-state index is -1.85. The Morgan fingerprint density at radius 1 is 1.36 bits per heavy atom. The molecule has 0 aliphatic heterocycles. The molecule has 1 nitrogen and oxygen atoms in total. The summed E-state index contributed by atoms with van der Waals surface area (Å²) in [5.74, 6) is 0. The molecule has 0 aromatic carbocycles. The third kappa shape index (κ3) is 2.21. The maximum absolute atomic E-state index is 8.60. The van der Waals surface area contributed by atoms with Gasteiger partial charge in [-0.2, -0.15) is 0 Å². The number of thiophene rings is 1. The van der Waals surface area contributed by atoms with Crippen LogP contribution >= 0.6 is 11.3 Å². The Balaban J connectivity index is 3.01. The molecule has 0 aliphatic carbocycles. The minimum absolute atomic E-state index is 0.853. The molecule has 58 valence electrons. The van der Waals surface area contributed by atoms with Crippen LogP contribution in [0.15, 0.2) is 12.1 Å². The maximum atomic E-state index is 8.60. The van der Waals surface area contributed by atoms with Crippen LogP contribution in [0, 0.1) is 11.3 Å². The van der Waals surface area contributed by atoms with Crippen molar-refractivity contribution >= 4 is 32.6 Å². The first-order chi connectivity index (χ1) is 5.04. The summed E-state index contributed by atoms with van der Waals surface area (Å²) in [4.78, 5) is 7.94. The fraction of sp³-hybridized carbons (Fsp3) is 0.375. The molecule has 3 heteroatoms. The van der Waals surface area contributed by atoms with Gasteiger partial charge in [0, 0.05) is 0 Å². The van der Waals surface area contributed by atoms with Gasteiger partial charge in [0.05, 0.1) is 0 Å². The van der Waals surface area contributed by atoms with Gasteiger partial charge < -0.3 is 0 Å². The summed E-state index contributed by atoms with van der Waals surface area (Å²) in [7, 11) is 0. The van der Waals surface area contributed by atoms with Crippen molar-refractivity contribution in [3.05, 3.63) is 17.0 Å². The summed E-state index contributed by atoms with van der Waals surface area (Å²) in [6.45, 7) is 0. The number of nitrogens with zero attached hydrogens (tertiary/aromatic N) is 1. The Labute approximate surface area is 75.5 Å². The third-order valence-electron chi connectivity index (χ3n) is 1.46. The van der Waals surface area contributed by atoms with Gasteiger partial charge >= 0.3 is 75.8 Å². The molecule has 0 bridgehead atoms. The molecule has 1 aromatic rings. The molecule has 1 aromatic heterocycles. The molecule has 0 amide bonds. The normalized spacial score (nSPS) is 11.1. The Morgan fingerprint density at radius 2 is 2.00 bits per heavy atom. The van der Waals surface area contributed by atoms with E-state index in [0.717, 1.165) is 4.88 Å². The van der Waals surface area contributed by atoms with E-state index in [1.165, 1.54) is 2.89 Å². The van der Waals surface area contributed by atoms with Gasteiger partial charge in [-0.25, -0.2) is 0 Å². The fourth-order valence-electron chi connectivity index (χ4n) is 0.801. The van der Waals surface area contributed by atoms with Crippen molar-refractivity contribution in [3.63, 3.8) is 0 Å². The van der Waals surface area contributed by atoms with E-state index in [4.69, 9.17) is 5.26 Å². The van der Waals surface area contributed by atoms with E-state index in [-0.39, 0.29) is 0 Å². The van der Waals surface area contributed by atoms with Crippen LogP contribution in [0.1, 0.15) is 4.88 Å². The molecule has 0 fully saturated rings. The molecule has 0 aliphatic rings. The molecular formula is C8H11NSSn. The third-order valence-corrected chi connectivity index (χ3v) is 11.9. The van der Waals surface area contributed by atoms with E-state index >= 15 is 0 Å². The molecule has 1 heterocycles. The van der Waals surface area contributed by atoms with Crippen molar-refractivity contribution in [2.75, 3.05) is 0 Å². The first-order valence-electron chi connectivity index (χ1n) is 3.54. The summed E-state index contributed by atoms with van der Waals surface area (Å²) in [6, 6.07) is 6.23. The van der Waals surface area contributed by atoms with E-state index < -0.39 is 18.4 Å². The van der Waals surface area contributed by atoms with Gasteiger partial charge in [0.25, 0.3) is 0 Å². The van der Waals surface area contributed by atoms with E-state index in [9.17, 15) is 0 Å². The Hall–Kier alpha value is -0.0113. The average Bonchev–Trinajstić information content (AvgIpc) is 2.32. The molecule has 0 saturated carbocycles. The summed E-state index contributed by atoms with van der Waals surface area (Å²) < 4.78 is 1.48. The van der Waals surface area contributed by atoms with Gasteiger partial charge in [0.2, 0.25) is 0 Å². The van der Waals surface area contributed by atoms with Crippen LogP contribution in [0.25, 0.3) is 0 Å². The molecule has 11 heavy (non-hydrogen) atoms. The average molecular weight is 272 g/mol. The number of hydrogen-bond donors (Lipinski definition) is 0. The van der Waals surface area contributed by atoms with E-state index in [1.807, 2.05) is 6.07 Å². The van der Waals surface area contributed by atoms with Crippen LogP contribution in [0.4, 0.5) is 0 Å². The zero-order valence-corrected chi connectivity index (χ0v) is 10.7. The van der Waals surface area contributed by atoms with Crippen molar-refractivity contribution in [1.82, 2.24) is 0 Å². The summed E-state index contributed by atoms with van der Waals surface area (Å²) in [6.07, 6.45) is 0. The van der Waals surface area contributed by atoms with Gasteiger partial charge in [0.15, 0.2) is 0 Å². The predicted octanol–water partition coefficient (Wildman–Crippen LogP) is 2.16. The second-order valence-electron chi connectivity index (χ2n) is 3.53. The number of rotatable bonds is 1. The molecule has 0 unspecified atom stereocenters. The van der Waals surface area contributed by atoms with Crippen molar-refractivity contribution in [3.8, 4) is 6.07 Å². The monoisotopic (exact) mass is 273 g/mol. The SMILES string of the molecule is [CH3][Sn]([CH3])([CH3])[c]1ccc(C#N)s1. The fourth-order valence-corrected chi connectivity index (χ4v) is 6.89. The van der Waals surface area contributed by atoms with Crippen LogP contribution in [0.5, 0.6) is 0 Å². The molecule has 0 N–H and O–H groups in total. The molecule has 0 atom stereocenters. The topological polar surface area (TPSA) is 23.8 Å². The molecule has 0 radical (unpaired) electrons. The van der Waals surface area contributed by atoms with Crippen molar-refractivity contribution < 1.29 is 0 Å². The van der Waals surface area contributed by atoms with Crippen LogP contribution in [-0.4, -0.2) is 18.4 Å². The van der Waals surface area contributed by atoms with Gasteiger partial charge in [-0.3, -0.25) is 0 Å². The summed E-state index contributed by atoms with van der Waals surface area (Å²) >= 11 is -0.176. The van der Waals surface area contributed by atoms with E-state index in [2.05, 4.69) is 27.0 Å². The Kier molecular flexibility index (Phi) is 2.61. The number of nitriles is 1. The molecule has 1 rings (SSSR count). The van der Waals surface area contributed by atoms with E-state index in [0.29, 0.717) is 0 Å². The molecule has 0 spiro atoms. The Bertz CT molecular complexity index is 290. The first-order valence-corrected chi connectivity index (χ1v) is 14.3. The predicted molar refractivity (Wildman–Crippen MR) is 52.0 cm³/mol. The quantitative estimate of drug-likeness (QED) is 0.719. The summed E-state index contributed by atoms with van der Waals surface area (Å²) in [5.41, 5.74) is 0. The van der Waals surface area contributed by atoms with Crippen LogP contribution in [0.3, 0.4) is 0 Å². The first kappa shape index (κ1) is 9.08. The second kappa shape index (κ2) is 3.16. The van der Waals surface area contributed by atoms with E-state index in [1.54, 1.807) is 11.3 Å². The van der Waals surface area contributed by atoms with Gasteiger partial charge in [0.1, 0.15) is 0 Å². The Morgan fingerprint density at radius 3 is 2.27 bits per heavy atom. The van der Waals surface area contributed by atoms with Crippen molar-refractivity contribution in [2.24, 2.45) is 0 Å². The van der Waals surface area contributed by atoms with Crippen molar-refractivity contribution in [1.29, 1.82) is 5.26 Å². The van der Waals surface area contributed by atoms with Crippen LogP contribution in [-0.2, 0) is 0 Å². The zero-order valence-electron chi connectivity index (χ0n) is 7.01. The molecule has 0 saturated heterocycles. The zero-order chi connectivity index (χ0) is 8.48. The van der Waals surface area contributed by atoms with Crippen LogP contribution < -0.4 is 2.89 Å². The van der Waals surface area contributed by atoms with Crippen molar-refractivity contribution in [2.45, 2.75) is 14.8 Å². The number of hydrogen-bond acceptors (Lipinski definition) is 2. The van der Waals surface area contributed by atoms with Gasteiger partial charge in [-0.1, -0.05) is 0 Å². The summed E-state index contributed by atoms with van der Waals surface area (Å²) in [5, 5.41) is 8.60. The molecular weight excluding hydrogens is 261 g/mol. The van der Waals surface area contributed by atoms with Gasteiger partial charge in [-0.05, 0) is 0 Å². The van der Waals surface area contributed by atoms with Gasteiger partial charge in [-0.15, -0.1) is 0 Å². The second-order valence-corrected chi connectivity index (χ2v) is 20.0. The standard InChI is InChI=1S/C5H2NS.3CH3.Sn/c6-4-5-2-1-3-7-5;;;;/h1-2H;3*1H3;. The van der Waals surface area contributed by atoms with Crippen LogP contribution in [0.2, 0.25) is 14.8 Å².